The summed E-state index contributed by atoms with van der Waals surface area (Å²) in [6.07, 6.45) is 6.13. The highest BCUT2D eigenvalue weighted by Crippen LogP contribution is 2.18. The molecule has 0 amide bonds. The molecule has 2 heteroatoms. The quantitative estimate of drug-likeness (QED) is 0.524. The van der Waals surface area contributed by atoms with E-state index in [2.05, 4.69) is 6.58 Å². The summed E-state index contributed by atoms with van der Waals surface area (Å²) in [4.78, 5) is 10.1. The summed E-state index contributed by atoms with van der Waals surface area (Å²) in [7, 11) is 0. The van der Waals surface area contributed by atoms with Gasteiger partial charge in [-0.3, -0.25) is 4.79 Å². The van der Waals surface area contributed by atoms with Crippen molar-refractivity contribution >= 4 is 12.4 Å². The fourth-order valence-corrected chi connectivity index (χ4v) is 1.05. The van der Waals surface area contributed by atoms with E-state index in [4.69, 9.17) is 4.74 Å². The van der Waals surface area contributed by atoms with E-state index in [0.29, 0.717) is 5.75 Å². The van der Waals surface area contributed by atoms with Crippen molar-refractivity contribution in [2.24, 2.45) is 0 Å². The number of carbonyl (C=O) groups is 1. The third-order valence-electron chi connectivity index (χ3n) is 1.64. The molecule has 0 aliphatic rings. The summed E-state index contributed by atoms with van der Waals surface area (Å²) in [6, 6.07) is 7.52. The molecule has 0 aromatic heterocycles. The molecule has 0 N–H and O–H groups in total. The van der Waals surface area contributed by atoms with Crippen LogP contribution in [0.1, 0.15) is 5.56 Å². The van der Waals surface area contributed by atoms with Crippen LogP contribution >= 0.6 is 0 Å². The summed E-state index contributed by atoms with van der Waals surface area (Å²) in [5, 5.41) is 0. The minimum Gasteiger partial charge on any atom is -0.486 e. The highest BCUT2D eigenvalue weighted by atomic mass is 16.5. The van der Waals surface area contributed by atoms with Crippen molar-refractivity contribution in [2.75, 3.05) is 6.61 Å². The molecule has 0 fully saturated rings. The molecule has 1 aromatic rings. The lowest BCUT2D eigenvalue weighted by Crippen LogP contribution is -1.98. The lowest BCUT2D eigenvalue weighted by atomic mass is 10.2. The maximum atomic E-state index is 10.1. The Labute approximate surface area is 83.5 Å². The van der Waals surface area contributed by atoms with Crippen LogP contribution in [-0.4, -0.2) is 12.9 Å². The van der Waals surface area contributed by atoms with Crippen LogP contribution < -0.4 is 4.74 Å². The number of ether oxygens (including phenoxy) is 1. The second-order valence-electron chi connectivity index (χ2n) is 2.61. The zero-order chi connectivity index (χ0) is 10.2. The van der Waals surface area contributed by atoms with E-state index in [1.807, 2.05) is 36.4 Å². The van der Waals surface area contributed by atoms with E-state index >= 15 is 0 Å². The van der Waals surface area contributed by atoms with E-state index < -0.39 is 0 Å². The zero-order valence-corrected chi connectivity index (χ0v) is 7.85. The van der Waals surface area contributed by atoms with Crippen LogP contribution in [0.25, 0.3) is 6.08 Å². The predicted molar refractivity (Wildman–Crippen MR) is 57.2 cm³/mol. The number of rotatable bonds is 5. The Balaban J connectivity index is 2.84. The van der Waals surface area contributed by atoms with Gasteiger partial charge < -0.3 is 4.74 Å². The molecular weight excluding hydrogens is 176 g/mol. The molecule has 0 spiro atoms. The van der Waals surface area contributed by atoms with Gasteiger partial charge in [0.2, 0.25) is 0 Å². The normalized spacial score (nSPS) is 10.0. The second kappa shape index (κ2) is 5.75. The molecule has 0 saturated carbocycles. The Morgan fingerprint density at radius 1 is 1.36 bits per heavy atom. The standard InChI is InChI=1S/C12H12O2/c1-2-3-6-11-7-4-5-8-12(11)14-10-9-13/h2-9H,1,10H2. The van der Waals surface area contributed by atoms with Gasteiger partial charge in [0.05, 0.1) is 0 Å². The smallest absolute Gasteiger partial charge is 0.157 e. The minimum absolute atomic E-state index is 0.0823. The molecule has 14 heavy (non-hydrogen) atoms. The molecule has 0 unspecified atom stereocenters. The lowest BCUT2D eigenvalue weighted by molar-refractivity contribution is -0.109. The van der Waals surface area contributed by atoms with Crippen LogP contribution in [0.2, 0.25) is 0 Å². The van der Waals surface area contributed by atoms with Crippen LogP contribution in [0.3, 0.4) is 0 Å². The van der Waals surface area contributed by atoms with Gasteiger partial charge in [-0.05, 0) is 6.07 Å². The molecule has 0 heterocycles. The first-order valence-corrected chi connectivity index (χ1v) is 4.33. The number of hydrogen-bond donors (Lipinski definition) is 0. The molecule has 0 atom stereocenters. The van der Waals surface area contributed by atoms with E-state index in [0.717, 1.165) is 11.8 Å². The Bertz CT molecular complexity index is 340. The van der Waals surface area contributed by atoms with Crippen molar-refractivity contribution in [1.82, 2.24) is 0 Å². The van der Waals surface area contributed by atoms with Crippen molar-refractivity contribution in [3.05, 3.63) is 48.6 Å². The first-order chi connectivity index (χ1) is 6.88. The summed E-state index contributed by atoms with van der Waals surface area (Å²) in [5.74, 6) is 0.706. The number of hydrogen-bond acceptors (Lipinski definition) is 2. The first kappa shape index (κ1) is 10.3. The SMILES string of the molecule is C=CC=Cc1ccccc1OCC=O. The van der Waals surface area contributed by atoms with Gasteiger partial charge in [-0.15, -0.1) is 0 Å². The molecule has 0 aliphatic carbocycles. The first-order valence-electron chi connectivity index (χ1n) is 4.33. The van der Waals surface area contributed by atoms with Gasteiger partial charge in [0.1, 0.15) is 12.4 Å². The Morgan fingerprint density at radius 2 is 2.14 bits per heavy atom. The Kier molecular flexibility index (Phi) is 4.21. The predicted octanol–water partition coefficient (Wildman–Crippen LogP) is 2.46. The maximum Gasteiger partial charge on any atom is 0.157 e. The van der Waals surface area contributed by atoms with E-state index in [1.165, 1.54) is 0 Å². The molecule has 1 rings (SSSR count). The third-order valence-corrected chi connectivity index (χ3v) is 1.64. The number of benzene rings is 1. The molecule has 72 valence electrons. The second-order valence-corrected chi connectivity index (χ2v) is 2.61. The van der Waals surface area contributed by atoms with Crippen molar-refractivity contribution in [3.8, 4) is 5.75 Å². The van der Waals surface area contributed by atoms with E-state index in [-0.39, 0.29) is 6.61 Å². The summed E-state index contributed by atoms with van der Waals surface area (Å²) >= 11 is 0. The minimum atomic E-state index is 0.0823. The van der Waals surface area contributed by atoms with Crippen molar-refractivity contribution in [2.45, 2.75) is 0 Å². The van der Waals surface area contributed by atoms with Gasteiger partial charge in [-0.25, -0.2) is 0 Å². The van der Waals surface area contributed by atoms with Crippen molar-refractivity contribution in [1.29, 1.82) is 0 Å². The van der Waals surface area contributed by atoms with Gasteiger partial charge in [0, 0.05) is 5.56 Å². The summed E-state index contributed by atoms with van der Waals surface area (Å²) in [6.45, 7) is 3.67. The molecule has 0 aliphatic heterocycles. The number of aldehydes is 1. The largest absolute Gasteiger partial charge is 0.486 e. The average molecular weight is 188 g/mol. The van der Waals surface area contributed by atoms with Gasteiger partial charge in [0.25, 0.3) is 0 Å². The summed E-state index contributed by atoms with van der Waals surface area (Å²) < 4.78 is 5.23. The molecule has 0 saturated heterocycles. The molecular formula is C12H12O2. The van der Waals surface area contributed by atoms with E-state index in [1.54, 1.807) is 6.08 Å². The van der Waals surface area contributed by atoms with Crippen molar-refractivity contribution in [3.63, 3.8) is 0 Å². The Hall–Kier alpha value is -1.83. The Morgan fingerprint density at radius 3 is 2.86 bits per heavy atom. The molecule has 0 radical (unpaired) electrons. The summed E-state index contributed by atoms with van der Waals surface area (Å²) in [5.41, 5.74) is 0.939. The lowest BCUT2D eigenvalue weighted by Gasteiger charge is -2.05. The van der Waals surface area contributed by atoms with Crippen molar-refractivity contribution < 1.29 is 9.53 Å². The third kappa shape index (κ3) is 2.90. The van der Waals surface area contributed by atoms with Gasteiger partial charge in [0.15, 0.2) is 6.29 Å². The van der Waals surface area contributed by atoms with Crippen LogP contribution in [-0.2, 0) is 4.79 Å². The molecule has 1 aromatic carbocycles. The van der Waals surface area contributed by atoms with Crippen LogP contribution in [0.5, 0.6) is 5.75 Å². The van der Waals surface area contributed by atoms with Gasteiger partial charge >= 0.3 is 0 Å². The fourth-order valence-electron chi connectivity index (χ4n) is 1.05. The van der Waals surface area contributed by atoms with Crippen LogP contribution in [0.15, 0.2) is 43.0 Å². The van der Waals surface area contributed by atoms with E-state index in [9.17, 15) is 4.79 Å². The van der Waals surface area contributed by atoms with Gasteiger partial charge in [-0.1, -0.05) is 43.0 Å². The van der Waals surface area contributed by atoms with Gasteiger partial charge in [-0.2, -0.15) is 0 Å². The molecule has 2 nitrogen and oxygen atoms in total. The average Bonchev–Trinajstić information content (AvgIpc) is 2.24. The maximum absolute atomic E-state index is 10.1. The zero-order valence-electron chi connectivity index (χ0n) is 7.85. The highest BCUT2D eigenvalue weighted by Gasteiger charge is 1.97. The van der Waals surface area contributed by atoms with Crippen LogP contribution in [0.4, 0.5) is 0 Å². The number of para-hydroxylation sites is 1. The fraction of sp³-hybridized carbons (Fsp3) is 0.0833. The van der Waals surface area contributed by atoms with Crippen LogP contribution in [0, 0.1) is 0 Å². The monoisotopic (exact) mass is 188 g/mol. The number of allylic oxidation sites excluding steroid dienone is 2. The molecule has 0 bridgehead atoms. The number of carbonyl (C=O) groups excluding carboxylic acids is 1. The highest BCUT2D eigenvalue weighted by molar-refractivity contribution is 5.59. The topological polar surface area (TPSA) is 26.3 Å².